The fourth-order valence-electron chi connectivity index (χ4n) is 2.83. The van der Waals surface area contributed by atoms with Crippen LogP contribution < -0.4 is 20.1 Å². The van der Waals surface area contributed by atoms with Crippen LogP contribution in [0.2, 0.25) is 0 Å². The Hall–Kier alpha value is -1.56. The first-order valence-electron chi connectivity index (χ1n) is 9.69. The van der Waals surface area contributed by atoms with Gasteiger partial charge in [-0.05, 0) is 94.4 Å². The van der Waals surface area contributed by atoms with E-state index < -0.39 is 0 Å². The van der Waals surface area contributed by atoms with Gasteiger partial charge in [0.1, 0.15) is 11.5 Å². The van der Waals surface area contributed by atoms with E-state index in [1.165, 1.54) is 0 Å². The molecule has 0 aliphatic heterocycles. The highest BCUT2D eigenvalue weighted by atomic mass is 127. The predicted molar refractivity (Wildman–Crippen MR) is 135 cm³/mol. The van der Waals surface area contributed by atoms with Gasteiger partial charge in [-0.15, -0.1) is 0 Å². The minimum atomic E-state index is -0.0723. The Morgan fingerprint density at radius 1 is 0.733 bits per heavy atom. The quantitative estimate of drug-likeness (QED) is 0.279. The number of hydrogen-bond donors (Lipinski definition) is 2. The number of methoxy groups -OCH3 is 2. The molecule has 2 aromatic carbocycles. The summed E-state index contributed by atoms with van der Waals surface area (Å²) in [6.07, 6.45) is 3.81. The molecule has 0 spiro atoms. The number of amides is 2. The molecular formula is C22H26I2N2O4. The van der Waals surface area contributed by atoms with E-state index in [9.17, 15) is 9.59 Å². The summed E-state index contributed by atoms with van der Waals surface area (Å²) < 4.78 is 12.2. The van der Waals surface area contributed by atoms with Crippen LogP contribution in [0.1, 0.15) is 46.4 Å². The second kappa shape index (κ2) is 13.0. The number of halogens is 2. The van der Waals surface area contributed by atoms with Crippen LogP contribution in [-0.2, 0) is 0 Å². The van der Waals surface area contributed by atoms with Crippen LogP contribution in [-0.4, -0.2) is 39.1 Å². The van der Waals surface area contributed by atoms with Crippen molar-refractivity contribution in [3.8, 4) is 11.5 Å². The van der Waals surface area contributed by atoms with Gasteiger partial charge < -0.3 is 20.1 Å². The molecule has 2 rings (SSSR count). The molecule has 2 aromatic rings. The average Bonchev–Trinajstić information content (AvgIpc) is 2.75. The monoisotopic (exact) mass is 636 g/mol. The highest BCUT2D eigenvalue weighted by molar-refractivity contribution is 14.1. The first-order valence-corrected chi connectivity index (χ1v) is 11.9. The fraction of sp³-hybridized carbons (Fsp3) is 0.364. The molecule has 0 saturated heterocycles. The smallest absolute Gasteiger partial charge is 0.251 e. The van der Waals surface area contributed by atoms with E-state index in [4.69, 9.17) is 9.47 Å². The number of ether oxygens (including phenoxy) is 2. The molecule has 0 aliphatic carbocycles. The Morgan fingerprint density at radius 3 is 1.47 bits per heavy atom. The molecule has 162 valence electrons. The van der Waals surface area contributed by atoms with Crippen LogP contribution in [0, 0.1) is 7.14 Å². The highest BCUT2D eigenvalue weighted by Gasteiger charge is 2.09. The Labute approximate surface area is 204 Å². The third-order valence-corrected chi connectivity index (χ3v) is 6.19. The summed E-state index contributed by atoms with van der Waals surface area (Å²) in [6.45, 7) is 1.27. The van der Waals surface area contributed by atoms with Crippen LogP contribution in [0.5, 0.6) is 11.5 Å². The van der Waals surface area contributed by atoms with Gasteiger partial charge >= 0.3 is 0 Å². The van der Waals surface area contributed by atoms with Gasteiger partial charge in [0.05, 0.1) is 21.4 Å². The summed E-state index contributed by atoms with van der Waals surface area (Å²) in [5.74, 6) is 1.39. The SMILES string of the molecule is COc1ccc(C(=O)NCCCCCCNC(=O)c2ccc(OC)c(I)c2)cc1I. The highest BCUT2D eigenvalue weighted by Crippen LogP contribution is 2.22. The lowest BCUT2D eigenvalue weighted by Crippen LogP contribution is -2.25. The van der Waals surface area contributed by atoms with Crippen molar-refractivity contribution < 1.29 is 19.1 Å². The largest absolute Gasteiger partial charge is 0.496 e. The Bertz CT molecular complexity index is 803. The first kappa shape index (κ1) is 24.7. The zero-order chi connectivity index (χ0) is 21.9. The Kier molecular flexibility index (Phi) is 10.7. The Morgan fingerprint density at radius 2 is 1.13 bits per heavy atom. The van der Waals surface area contributed by atoms with Crippen molar-refractivity contribution in [3.05, 3.63) is 54.7 Å². The molecule has 0 heterocycles. The lowest BCUT2D eigenvalue weighted by molar-refractivity contribution is 0.0943. The van der Waals surface area contributed by atoms with Crippen LogP contribution >= 0.6 is 45.2 Å². The number of unbranched alkanes of at least 4 members (excludes halogenated alkanes) is 3. The van der Waals surface area contributed by atoms with Crippen LogP contribution in [0.3, 0.4) is 0 Å². The van der Waals surface area contributed by atoms with Crippen molar-refractivity contribution in [2.45, 2.75) is 25.7 Å². The van der Waals surface area contributed by atoms with Crippen molar-refractivity contribution in [3.63, 3.8) is 0 Å². The van der Waals surface area contributed by atoms with E-state index in [0.29, 0.717) is 24.2 Å². The molecule has 0 fully saturated rings. The summed E-state index contributed by atoms with van der Waals surface area (Å²) in [5.41, 5.74) is 1.27. The van der Waals surface area contributed by atoms with E-state index in [1.807, 2.05) is 12.1 Å². The molecule has 30 heavy (non-hydrogen) atoms. The van der Waals surface area contributed by atoms with E-state index in [2.05, 4.69) is 55.8 Å². The molecule has 0 unspecified atom stereocenters. The molecule has 8 heteroatoms. The van der Waals surface area contributed by atoms with Gasteiger partial charge in [-0.2, -0.15) is 0 Å². The van der Waals surface area contributed by atoms with Gasteiger partial charge in [-0.3, -0.25) is 9.59 Å². The summed E-state index contributed by atoms with van der Waals surface area (Å²) >= 11 is 4.31. The Balaban J connectivity index is 1.58. The molecule has 0 bridgehead atoms. The lowest BCUT2D eigenvalue weighted by Gasteiger charge is -2.09. The number of benzene rings is 2. The zero-order valence-corrected chi connectivity index (χ0v) is 21.4. The average molecular weight is 636 g/mol. The maximum Gasteiger partial charge on any atom is 0.251 e. The number of nitrogens with one attached hydrogen (secondary N) is 2. The number of carbonyl (C=O) groups is 2. The lowest BCUT2D eigenvalue weighted by atomic mass is 10.1. The molecule has 0 radical (unpaired) electrons. The first-order chi connectivity index (χ1) is 14.5. The van der Waals surface area contributed by atoms with Crippen LogP contribution in [0.15, 0.2) is 36.4 Å². The molecule has 2 N–H and O–H groups in total. The molecule has 6 nitrogen and oxygen atoms in total. The maximum atomic E-state index is 12.2. The third-order valence-electron chi connectivity index (χ3n) is 4.50. The van der Waals surface area contributed by atoms with Gasteiger partial charge in [0, 0.05) is 24.2 Å². The normalized spacial score (nSPS) is 10.4. The van der Waals surface area contributed by atoms with Crippen LogP contribution in [0.25, 0.3) is 0 Å². The number of carbonyl (C=O) groups excluding carboxylic acids is 2. The second-order valence-electron chi connectivity index (χ2n) is 6.62. The molecule has 0 atom stereocenters. The second-order valence-corrected chi connectivity index (χ2v) is 8.95. The van der Waals surface area contributed by atoms with Crippen molar-refractivity contribution in [1.82, 2.24) is 10.6 Å². The van der Waals surface area contributed by atoms with Gasteiger partial charge in [-0.25, -0.2) is 0 Å². The van der Waals surface area contributed by atoms with E-state index >= 15 is 0 Å². The van der Waals surface area contributed by atoms with Gasteiger partial charge in [0.25, 0.3) is 11.8 Å². The standard InChI is InChI=1S/C22H26I2N2O4/c1-29-19-9-7-15(13-17(19)23)21(27)25-11-5-3-4-6-12-26-22(28)16-8-10-20(30-2)18(24)14-16/h7-10,13-14H,3-6,11-12H2,1-2H3,(H,25,27)(H,26,28). The van der Waals surface area contributed by atoms with Crippen molar-refractivity contribution >= 4 is 57.0 Å². The summed E-state index contributed by atoms with van der Waals surface area (Å²) in [4.78, 5) is 24.4. The molecular weight excluding hydrogens is 610 g/mol. The van der Waals surface area contributed by atoms with E-state index in [-0.39, 0.29) is 11.8 Å². The van der Waals surface area contributed by atoms with E-state index in [0.717, 1.165) is 44.3 Å². The number of rotatable bonds is 11. The van der Waals surface area contributed by atoms with Gasteiger partial charge in [0.15, 0.2) is 0 Å². The van der Waals surface area contributed by atoms with Crippen molar-refractivity contribution in [1.29, 1.82) is 0 Å². The minimum absolute atomic E-state index is 0.0723. The predicted octanol–water partition coefficient (Wildman–Crippen LogP) is 4.63. The number of hydrogen-bond acceptors (Lipinski definition) is 4. The summed E-state index contributed by atoms with van der Waals surface area (Å²) in [6, 6.07) is 10.8. The third kappa shape index (κ3) is 7.60. The zero-order valence-electron chi connectivity index (χ0n) is 17.1. The topological polar surface area (TPSA) is 76.7 Å². The van der Waals surface area contributed by atoms with E-state index in [1.54, 1.807) is 38.5 Å². The van der Waals surface area contributed by atoms with Gasteiger partial charge in [0.2, 0.25) is 0 Å². The molecule has 0 aromatic heterocycles. The summed E-state index contributed by atoms with van der Waals surface area (Å²) in [5, 5.41) is 5.89. The van der Waals surface area contributed by atoms with Crippen LogP contribution in [0.4, 0.5) is 0 Å². The van der Waals surface area contributed by atoms with Gasteiger partial charge in [-0.1, -0.05) is 12.8 Å². The molecule has 0 saturated carbocycles. The fourth-order valence-corrected chi connectivity index (χ4v) is 4.30. The molecule has 0 aliphatic rings. The van der Waals surface area contributed by atoms with Crippen molar-refractivity contribution in [2.75, 3.05) is 27.3 Å². The van der Waals surface area contributed by atoms with Crippen molar-refractivity contribution in [2.24, 2.45) is 0 Å². The maximum absolute atomic E-state index is 12.2. The molecule has 2 amide bonds. The summed E-state index contributed by atoms with van der Waals surface area (Å²) in [7, 11) is 3.23. The minimum Gasteiger partial charge on any atom is -0.496 e.